The van der Waals surface area contributed by atoms with Crippen LogP contribution in [0, 0.1) is 0 Å². The topological polar surface area (TPSA) is 38.7 Å². The Balaban J connectivity index is 2.48. The molecular weight excluding hydrogens is 186 g/mol. The molecule has 4 heteroatoms. The lowest BCUT2D eigenvalue weighted by Crippen LogP contribution is -1.89. The van der Waals surface area contributed by atoms with E-state index >= 15 is 0 Å². The second-order valence-corrected chi connectivity index (χ2v) is 2.81. The second-order valence-electron chi connectivity index (χ2n) is 2.48. The van der Waals surface area contributed by atoms with Gasteiger partial charge < -0.3 is 0 Å². The van der Waals surface area contributed by atoms with Gasteiger partial charge in [-0.25, -0.2) is 4.98 Å². The predicted molar refractivity (Wildman–Crippen MR) is 50.3 cm³/mol. The smallest absolute Gasteiger partial charge is 0.215 e. The van der Waals surface area contributed by atoms with Gasteiger partial charge in [-0.15, -0.1) is 5.10 Å². The number of benzene rings is 1. The molecule has 64 valence electrons. The van der Waals surface area contributed by atoms with Crippen LogP contribution in [-0.4, -0.2) is 15.2 Å². The Morgan fingerprint density at radius 1 is 1.08 bits per heavy atom. The van der Waals surface area contributed by atoms with E-state index in [4.69, 9.17) is 11.6 Å². The summed E-state index contributed by atoms with van der Waals surface area (Å²) >= 11 is 5.61. The van der Waals surface area contributed by atoms with Gasteiger partial charge in [0.2, 0.25) is 5.28 Å². The lowest BCUT2D eigenvalue weighted by Gasteiger charge is -1.97. The average molecular weight is 192 g/mol. The van der Waals surface area contributed by atoms with Crippen LogP contribution in [0.4, 0.5) is 0 Å². The zero-order valence-corrected chi connectivity index (χ0v) is 7.44. The minimum atomic E-state index is 0.168. The quantitative estimate of drug-likeness (QED) is 0.694. The fourth-order valence-electron chi connectivity index (χ4n) is 1.03. The van der Waals surface area contributed by atoms with E-state index in [2.05, 4.69) is 15.2 Å². The maximum Gasteiger partial charge on any atom is 0.243 e. The molecular formula is C9H6ClN3. The molecule has 0 saturated carbocycles. The SMILES string of the molecule is Clc1nncc(-c2ccccc2)n1. The molecule has 0 amide bonds. The molecule has 0 bridgehead atoms. The highest BCUT2D eigenvalue weighted by Crippen LogP contribution is 2.15. The van der Waals surface area contributed by atoms with Gasteiger partial charge in [0.25, 0.3) is 0 Å². The Morgan fingerprint density at radius 2 is 1.85 bits per heavy atom. The Kier molecular flexibility index (Phi) is 2.19. The van der Waals surface area contributed by atoms with Crippen LogP contribution in [0.3, 0.4) is 0 Å². The first-order chi connectivity index (χ1) is 6.36. The molecule has 2 aromatic rings. The van der Waals surface area contributed by atoms with Gasteiger partial charge in [0.05, 0.1) is 11.9 Å². The zero-order valence-electron chi connectivity index (χ0n) is 6.68. The molecule has 0 aliphatic heterocycles. The monoisotopic (exact) mass is 191 g/mol. The van der Waals surface area contributed by atoms with E-state index in [-0.39, 0.29) is 5.28 Å². The summed E-state index contributed by atoms with van der Waals surface area (Å²) in [6.07, 6.45) is 1.58. The average Bonchev–Trinajstić information content (AvgIpc) is 2.19. The molecule has 0 spiro atoms. The molecule has 1 aromatic carbocycles. The Morgan fingerprint density at radius 3 is 2.54 bits per heavy atom. The minimum Gasteiger partial charge on any atom is -0.215 e. The van der Waals surface area contributed by atoms with E-state index in [1.807, 2.05) is 30.3 Å². The molecule has 0 radical (unpaired) electrons. The van der Waals surface area contributed by atoms with Gasteiger partial charge in [-0.1, -0.05) is 30.3 Å². The summed E-state index contributed by atoms with van der Waals surface area (Å²) in [7, 11) is 0. The van der Waals surface area contributed by atoms with Crippen LogP contribution in [0.5, 0.6) is 0 Å². The van der Waals surface area contributed by atoms with Crippen LogP contribution in [-0.2, 0) is 0 Å². The van der Waals surface area contributed by atoms with Gasteiger partial charge >= 0.3 is 0 Å². The number of hydrogen-bond acceptors (Lipinski definition) is 3. The highest BCUT2D eigenvalue weighted by Gasteiger charge is 1.99. The molecule has 13 heavy (non-hydrogen) atoms. The molecule has 3 nitrogen and oxygen atoms in total. The van der Waals surface area contributed by atoms with Gasteiger partial charge in [-0.3, -0.25) is 0 Å². The Hall–Kier alpha value is -1.48. The first-order valence-electron chi connectivity index (χ1n) is 3.77. The first kappa shape index (κ1) is 8.13. The molecule has 1 heterocycles. The van der Waals surface area contributed by atoms with Crippen LogP contribution >= 0.6 is 11.6 Å². The highest BCUT2D eigenvalue weighted by molar-refractivity contribution is 6.28. The van der Waals surface area contributed by atoms with E-state index in [1.165, 1.54) is 0 Å². The Bertz CT molecular complexity index is 403. The van der Waals surface area contributed by atoms with Crippen molar-refractivity contribution in [1.29, 1.82) is 0 Å². The highest BCUT2D eigenvalue weighted by atomic mass is 35.5. The normalized spacial score (nSPS) is 9.92. The molecule has 1 aromatic heterocycles. The van der Waals surface area contributed by atoms with Gasteiger partial charge in [-0.2, -0.15) is 5.10 Å². The van der Waals surface area contributed by atoms with Crippen LogP contribution in [0.25, 0.3) is 11.3 Å². The molecule has 0 atom stereocenters. The number of hydrogen-bond donors (Lipinski definition) is 0. The fourth-order valence-corrected chi connectivity index (χ4v) is 1.16. The van der Waals surface area contributed by atoms with Crippen LogP contribution in [0.2, 0.25) is 5.28 Å². The first-order valence-corrected chi connectivity index (χ1v) is 4.15. The zero-order chi connectivity index (χ0) is 9.10. The van der Waals surface area contributed by atoms with Crippen molar-refractivity contribution in [3.05, 3.63) is 41.8 Å². The summed E-state index contributed by atoms with van der Waals surface area (Å²) in [6, 6.07) is 9.71. The van der Waals surface area contributed by atoms with Crippen molar-refractivity contribution in [2.24, 2.45) is 0 Å². The predicted octanol–water partition coefficient (Wildman–Crippen LogP) is 2.19. The molecule has 0 saturated heterocycles. The van der Waals surface area contributed by atoms with Crippen molar-refractivity contribution in [2.45, 2.75) is 0 Å². The van der Waals surface area contributed by atoms with Crippen LogP contribution < -0.4 is 0 Å². The molecule has 0 aliphatic carbocycles. The van der Waals surface area contributed by atoms with E-state index in [9.17, 15) is 0 Å². The molecule has 0 unspecified atom stereocenters. The second kappa shape index (κ2) is 3.49. The number of rotatable bonds is 1. The minimum absolute atomic E-state index is 0.168. The molecule has 0 N–H and O–H groups in total. The summed E-state index contributed by atoms with van der Waals surface area (Å²) in [5, 5.41) is 7.45. The van der Waals surface area contributed by atoms with Crippen LogP contribution in [0.15, 0.2) is 36.5 Å². The van der Waals surface area contributed by atoms with Crippen molar-refractivity contribution in [1.82, 2.24) is 15.2 Å². The third kappa shape index (κ3) is 1.81. The van der Waals surface area contributed by atoms with Gasteiger partial charge in [0.1, 0.15) is 0 Å². The summed E-state index contributed by atoms with van der Waals surface area (Å²) in [5.74, 6) is 0. The Labute approximate surface area is 80.4 Å². The molecule has 0 aliphatic rings. The lowest BCUT2D eigenvalue weighted by molar-refractivity contribution is 0.975. The number of halogens is 1. The van der Waals surface area contributed by atoms with Crippen molar-refractivity contribution in [2.75, 3.05) is 0 Å². The number of nitrogens with zero attached hydrogens (tertiary/aromatic N) is 3. The van der Waals surface area contributed by atoms with Crippen molar-refractivity contribution >= 4 is 11.6 Å². The summed E-state index contributed by atoms with van der Waals surface area (Å²) in [6.45, 7) is 0. The third-order valence-corrected chi connectivity index (χ3v) is 1.76. The van der Waals surface area contributed by atoms with E-state index in [0.717, 1.165) is 11.3 Å². The maximum absolute atomic E-state index is 5.61. The largest absolute Gasteiger partial charge is 0.243 e. The molecule has 2 rings (SSSR count). The third-order valence-electron chi connectivity index (χ3n) is 1.60. The molecule has 0 fully saturated rings. The van der Waals surface area contributed by atoms with Gasteiger partial charge in [0.15, 0.2) is 0 Å². The van der Waals surface area contributed by atoms with Gasteiger partial charge in [-0.05, 0) is 11.6 Å². The van der Waals surface area contributed by atoms with Crippen LogP contribution in [0.1, 0.15) is 0 Å². The van der Waals surface area contributed by atoms with Crippen molar-refractivity contribution in [3.8, 4) is 11.3 Å². The van der Waals surface area contributed by atoms with E-state index < -0.39 is 0 Å². The standard InChI is InChI=1S/C9H6ClN3/c10-9-12-8(6-11-13-9)7-4-2-1-3-5-7/h1-6H. The van der Waals surface area contributed by atoms with Gasteiger partial charge in [0, 0.05) is 5.56 Å². The fraction of sp³-hybridized carbons (Fsp3) is 0. The van der Waals surface area contributed by atoms with E-state index in [1.54, 1.807) is 6.20 Å². The summed E-state index contributed by atoms with van der Waals surface area (Å²) in [4.78, 5) is 4.04. The van der Waals surface area contributed by atoms with Crippen molar-refractivity contribution in [3.63, 3.8) is 0 Å². The number of aromatic nitrogens is 3. The lowest BCUT2D eigenvalue weighted by atomic mass is 10.2. The summed E-state index contributed by atoms with van der Waals surface area (Å²) in [5.41, 5.74) is 1.72. The summed E-state index contributed by atoms with van der Waals surface area (Å²) < 4.78 is 0. The maximum atomic E-state index is 5.61. The van der Waals surface area contributed by atoms with Crippen molar-refractivity contribution < 1.29 is 0 Å². The van der Waals surface area contributed by atoms with E-state index in [0.29, 0.717) is 0 Å².